The van der Waals surface area contributed by atoms with Gasteiger partial charge in [-0.05, 0) is 38.5 Å². The van der Waals surface area contributed by atoms with Crippen molar-refractivity contribution >= 4 is 29.2 Å². The molecule has 7 heteroatoms. The lowest BCUT2D eigenvalue weighted by Gasteiger charge is -2.13. The van der Waals surface area contributed by atoms with Crippen LogP contribution in [0.15, 0.2) is 18.2 Å². The predicted octanol–water partition coefficient (Wildman–Crippen LogP) is 3.17. The first-order chi connectivity index (χ1) is 10.9. The summed E-state index contributed by atoms with van der Waals surface area (Å²) >= 11 is 5.95. The second-order valence-electron chi connectivity index (χ2n) is 5.34. The van der Waals surface area contributed by atoms with Gasteiger partial charge in [0.05, 0.1) is 12.3 Å². The smallest absolute Gasteiger partial charge is 0.319 e. The van der Waals surface area contributed by atoms with Crippen LogP contribution >= 0.6 is 11.6 Å². The average Bonchev–Trinajstić information content (AvgIpc) is 2.45. The maximum atomic E-state index is 11.9. The Hall–Kier alpha value is -1.95. The highest BCUT2D eigenvalue weighted by Gasteiger charge is 2.09. The zero-order valence-corrected chi connectivity index (χ0v) is 14.5. The van der Waals surface area contributed by atoms with Crippen molar-refractivity contribution in [2.24, 2.45) is 0 Å². The predicted molar refractivity (Wildman–Crippen MR) is 92.2 cm³/mol. The van der Waals surface area contributed by atoms with E-state index in [-0.39, 0.29) is 24.9 Å². The normalized spacial score (nSPS) is 10.3. The molecule has 1 aromatic carbocycles. The number of benzene rings is 1. The van der Waals surface area contributed by atoms with E-state index in [0.717, 1.165) is 6.42 Å². The van der Waals surface area contributed by atoms with E-state index in [1.807, 2.05) is 20.8 Å². The Kier molecular flexibility index (Phi) is 8.26. The minimum atomic E-state index is -0.411. The largest absolute Gasteiger partial charge is 0.491 e. The first kappa shape index (κ1) is 19.1. The number of hydrogen-bond donors (Lipinski definition) is 3. The van der Waals surface area contributed by atoms with Gasteiger partial charge in [0.15, 0.2) is 0 Å². The molecular formula is C16H24ClN3O3. The Morgan fingerprint density at radius 1 is 1.30 bits per heavy atom. The molecule has 0 aliphatic heterocycles. The van der Waals surface area contributed by atoms with Crippen molar-refractivity contribution < 1.29 is 14.3 Å². The van der Waals surface area contributed by atoms with Gasteiger partial charge in [-0.3, -0.25) is 4.79 Å². The van der Waals surface area contributed by atoms with Crippen molar-refractivity contribution in [2.75, 3.05) is 18.5 Å². The molecule has 0 saturated heterocycles. The summed E-state index contributed by atoms with van der Waals surface area (Å²) in [4.78, 5) is 23.4. The van der Waals surface area contributed by atoms with Crippen molar-refractivity contribution in [1.29, 1.82) is 0 Å². The van der Waals surface area contributed by atoms with Gasteiger partial charge in [-0.2, -0.15) is 0 Å². The fraction of sp³-hybridized carbons (Fsp3) is 0.500. The number of halogens is 1. The summed E-state index contributed by atoms with van der Waals surface area (Å²) < 4.78 is 5.56. The molecule has 1 rings (SSSR count). The number of ether oxygens (including phenoxy) is 1. The quantitative estimate of drug-likeness (QED) is 0.679. The molecule has 0 fully saturated rings. The molecule has 0 saturated carbocycles. The minimum absolute atomic E-state index is 0.0843. The monoisotopic (exact) mass is 341 g/mol. The summed E-state index contributed by atoms with van der Waals surface area (Å²) in [5.74, 6) is 0.457. The van der Waals surface area contributed by atoms with Crippen LogP contribution in [0, 0.1) is 0 Å². The van der Waals surface area contributed by atoms with Crippen LogP contribution in [0.1, 0.15) is 33.6 Å². The van der Waals surface area contributed by atoms with E-state index in [2.05, 4.69) is 16.0 Å². The van der Waals surface area contributed by atoms with Gasteiger partial charge in [-0.15, -0.1) is 0 Å². The van der Waals surface area contributed by atoms with Gasteiger partial charge >= 0.3 is 6.03 Å². The first-order valence-electron chi connectivity index (χ1n) is 7.69. The molecular weight excluding hydrogens is 318 g/mol. The lowest BCUT2D eigenvalue weighted by atomic mass is 10.3. The second kappa shape index (κ2) is 9.94. The summed E-state index contributed by atoms with van der Waals surface area (Å²) in [6.45, 7) is 6.56. The molecule has 1 aromatic rings. The van der Waals surface area contributed by atoms with Crippen molar-refractivity contribution in [3.63, 3.8) is 0 Å². The maximum Gasteiger partial charge on any atom is 0.319 e. The Bertz CT molecular complexity index is 535. The number of anilines is 1. The SMILES string of the molecule is CCCOc1ccc(Cl)cc1NC(=O)NCCC(=O)NC(C)C. The zero-order chi connectivity index (χ0) is 17.2. The Labute approximate surface area is 141 Å². The molecule has 0 atom stereocenters. The van der Waals surface area contributed by atoms with Crippen molar-refractivity contribution in [1.82, 2.24) is 10.6 Å². The highest BCUT2D eigenvalue weighted by Crippen LogP contribution is 2.28. The molecule has 0 unspecified atom stereocenters. The Balaban J connectivity index is 2.50. The number of carbonyl (C=O) groups excluding carboxylic acids is 2. The number of rotatable bonds is 8. The number of nitrogens with one attached hydrogen (secondary N) is 3. The van der Waals surface area contributed by atoms with Crippen LogP contribution in [0.5, 0.6) is 5.75 Å². The molecule has 3 N–H and O–H groups in total. The zero-order valence-electron chi connectivity index (χ0n) is 13.7. The van der Waals surface area contributed by atoms with Crippen LogP contribution in [0.3, 0.4) is 0 Å². The van der Waals surface area contributed by atoms with E-state index in [9.17, 15) is 9.59 Å². The molecule has 6 nitrogen and oxygen atoms in total. The summed E-state index contributed by atoms with van der Waals surface area (Å²) in [6, 6.07) is 4.71. The molecule has 0 heterocycles. The van der Waals surface area contributed by atoms with Crippen LogP contribution < -0.4 is 20.7 Å². The van der Waals surface area contributed by atoms with Crippen molar-refractivity contribution in [2.45, 2.75) is 39.7 Å². The standard InChI is InChI=1S/C16H24ClN3O3/c1-4-9-23-14-6-5-12(17)10-13(14)20-16(22)18-8-7-15(21)19-11(2)3/h5-6,10-11H,4,7-9H2,1-3H3,(H,19,21)(H2,18,20,22). The fourth-order valence-corrected chi connectivity index (χ4v) is 1.96. The molecule has 128 valence electrons. The second-order valence-corrected chi connectivity index (χ2v) is 5.78. The van der Waals surface area contributed by atoms with E-state index < -0.39 is 6.03 Å². The fourth-order valence-electron chi connectivity index (χ4n) is 1.79. The lowest BCUT2D eigenvalue weighted by molar-refractivity contribution is -0.121. The summed E-state index contributed by atoms with van der Waals surface area (Å²) in [7, 11) is 0. The number of urea groups is 1. The average molecular weight is 342 g/mol. The third kappa shape index (κ3) is 7.74. The summed E-state index contributed by atoms with van der Waals surface area (Å²) in [6.07, 6.45) is 1.08. The minimum Gasteiger partial charge on any atom is -0.491 e. The van der Waals surface area contributed by atoms with Crippen LogP contribution in [-0.4, -0.2) is 31.1 Å². The van der Waals surface area contributed by atoms with Gasteiger partial charge in [0.25, 0.3) is 0 Å². The van der Waals surface area contributed by atoms with E-state index in [1.54, 1.807) is 18.2 Å². The third-order valence-corrected chi connectivity index (χ3v) is 2.97. The summed E-state index contributed by atoms with van der Waals surface area (Å²) in [5, 5.41) is 8.57. The molecule has 0 bridgehead atoms. The number of carbonyl (C=O) groups is 2. The van der Waals surface area contributed by atoms with Crippen LogP contribution in [0.2, 0.25) is 5.02 Å². The lowest BCUT2D eigenvalue weighted by Crippen LogP contribution is -2.35. The number of amides is 3. The number of hydrogen-bond acceptors (Lipinski definition) is 3. The topological polar surface area (TPSA) is 79.5 Å². The summed E-state index contributed by atoms with van der Waals surface area (Å²) in [5.41, 5.74) is 0.495. The van der Waals surface area contributed by atoms with Gasteiger partial charge < -0.3 is 20.7 Å². The van der Waals surface area contributed by atoms with Gasteiger partial charge in [0, 0.05) is 24.0 Å². The highest BCUT2D eigenvalue weighted by atomic mass is 35.5. The van der Waals surface area contributed by atoms with Crippen LogP contribution in [0.4, 0.5) is 10.5 Å². The van der Waals surface area contributed by atoms with Crippen molar-refractivity contribution in [3.8, 4) is 5.75 Å². The Morgan fingerprint density at radius 2 is 2.04 bits per heavy atom. The van der Waals surface area contributed by atoms with Crippen LogP contribution in [0.25, 0.3) is 0 Å². The van der Waals surface area contributed by atoms with Gasteiger partial charge in [0.2, 0.25) is 5.91 Å². The van der Waals surface area contributed by atoms with E-state index in [4.69, 9.17) is 16.3 Å². The van der Waals surface area contributed by atoms with Gasteiger partial charge in [-0.1, -0.05) is 18.5 Å². The van der Waals surface area contributed by atoms with Gasteiger partial charge in [-0.25, -0.2) is 4.79 Å². The maximum absolute atomic E-state index is 11.9. The van der Waals surface area contributed by atoms with Gasteiger partial charge in [0.1, 0.15) is 5.75 Å². The van der Waals surface area contributed by atoms with E-state index in [1.165, 1.54) is 0 Å². The molecule has 0 aliphatic carbocycles. The Morgan fingerprint density at radius 3 is 2.70 bits per heavy atom. The van der Waals surface area contributed by atoms with E-state index >= 15 is 0 Å². The molecule has 23 heavy (non-hydrogen) atoms. The molecule has 0 spiro atoms. The first-order valence-corrected chi connectivity index (χ1v) is 8.06. The highest BCUT2D eigenvalue weighted by molar-refractivity contribution is 6.31. The molecule has 0 radical (unpaired) electrons. The molecule has 3 amide bonds. The van der Waals surface area contributed by atoms with E-state index in [0.29, 0.717) is 23.1 Å². The van der Waals surface area contributed by atoms with Crippen molar-refractivity contribution in [3.05, 3.63) is 23.2 Å². The molecule has 0 aromatic heterocycles. The third-order valence-electron chi connectivity index (χ3n) is 2.74. The van der Waals surface area contributed by atoms with Crippen LogP contribution in [-0.2, 0) is 4.79 Å². The molecule has 0 aliphatic rings.